The highest BCUT2D eigenvalue weighted by molar-refractivity contribution is 7.19. The van der Waals surface area contributed by atoms with Crippen LogP contribution in [0, 0.1) is 5.82 Å². The Hall–Kier alpha value is -2.42. The van der Waals surface area contributed by atoms with Crippen molar-refractivity contribution < 1.29 is 23.8 Å². The van der Waals surface area contributed by atoms with Crippen LogP contribution in [0.2, 0.25) is 10.0 Å². The van der Waals surface area contributed by atoms with E-state index in [2.05, 4.69) is 4.98 Å². The average Bonchev–Trinajstić information content (AvgIpc) is 3.05. The maximum atomic E-state index is 13.8. The summed E-state index contributed by atoms with van der Waals surface area (Å²) in [4.78, 5) is 29.6. The van der Waals surface area contributed by atoms with Crippen molar-refractivity contribution in [1.29, 1.82) is 0 Å². The number of hydrogen-bond acceptors (Lipinski definition) is 5. The maximum absolute atomic E-state index is 13.8. The minimum atomic E-state index is -1.21. The number of fused-ring (bicyclic) bond motifs is 2. The van der Waals surface area contributed by atoms with Gasteiger partial charge in [0.25, 0.3) is 5.91 Å². The van der Waals surface area contributed by atoms with Crippen LogP contribution in [0.15, 0.2) is 30.3 Å². The van der Waals surface area contributed by atoms with Gasteiger partial charge >= 0.3 is 5.97 Å². The van der Waals surface area contributed by atoms with Crippen molar-refractivity contribution in [1.82, 2.24) is 4.98 Å². The molecule has 0 spiro atoms. The van der Waals surface area contributed by atoms with Gasteiger partial charge in [0.1, 0.15) is 16.6 Å². The third kappa shape index (κ3) is 3.39. The number of carboxylic acids is 1. The summed E-state index contributed by atoms with van der Waals surface area (Å²) < 4.78 is 19.9. The molecule has 1 atom stereocenters. The lowest BCUT2D eigenvalue weighted by Gasteiger charge is -2.33. The highest BCUT2D eigenvalue weighted by atomic mass is 35.5. The van der Waals surface area contributed by atoms with Crippen LogP contribution in [-0.4, -0.2) is 28.1 Å². The lowest BCUT2D eigenvalue weighted by Crippen LogP contribution is -2.46. The first kappa shape index (κ1) is 18.9. The zero-order valence-electron chi connectivity index (χ0n) is 14.0. The molecule has 2 heterocycles. The van der Waals surface area contributed by atoms with Crippen LogP contribution in [0.5, 0.6) is 5.75 Å². The summed E-state index contributed by atoms with van der Waals surface area (Å²) in [5.74, 6) is -2.07. The van der Waals surface area contributed by atoms with Gasteiger partial charge in [0.15, 0.2) is 6.10 Å². The largest absolute Gasteiger partial charge is 0.481 e. The Kier molecular flexibility index (Phi) is 4.86. The Morgan fingerprint density at radius 2 is 2.11 bits per heavy atom. The molecule has 10 heteroatoms. The van der Waals surface area contributed by atoms with Crippen LogP contribution in [0.1, 0.15) is 11.4 Å². The van der Waals surface area contributed by atoms with Gasteiger partial charge in [0, 0.05) is 6.07 Å². The van der Waals surface area contributed by atoms with E-state index in [0.717, 1.165) is 0 Å². The maximum Gasteiger partial charge on any atom is 0.307 e. The van der Waals surface area contributed by atoms with Crippen molar-refractivity contribution in [2.75, 3.05) is 4.90 Å². The third-order valence-electron chi connectivity index (χ3n) is 4.17. The second kappa shape index (κ2) is 7.20. The van der Waals surface area contributed by atoms with E-state index in [-0.39, 0.29) is 18.0 Å². The number of benzene rings is 2. The fourth-order valence-corrected chi connectivity index (χ4v) is 4.41. The number of carboxylic acid groups (broad SMARTS) is 1. The molecule has 1 aliphatic heterocycles. The van der Waals surface area contributed by atoms with Crippen molar-refractivity contribution >= 4 is 62.3 Å². The minimum Gasteiger partial charge on any atom is -0.481 e. The summed E-state index contributed by atoms with van der Waals surface area (Å²) in [5, 5.41) is 10.4. The van der Waals surface area contributed by atoms with Crippen LogP contribution in [0.4, 0.5) is 10.1 Å². The smallest absolute Gasteiger partial charge is 0.307 e. The number of aliphatic carboxylic acids is 1. The predicted octanol–water partition coefficient (Wildman–Crippen LogP) is 4.51. The summed E-state index contributed by atoms with van der Waals surface area (Å²) in [5.41, 5.74) is 0.840. The Morgan fingerprint density at radius 3 is 2.86 bits per heavy atom. The van der Waals surface area contributed by atoms with Crippen molar-refractivity contribution in [2.24, 2.45) is 0 Å². The monoisotopic (exact) mass is 440 g/mol. The number of halogens is 3. The first-order valence-corrected chi connectivity index (χ1v) is 9.63. The van der Waals surface area contributed by atoms with E-state index in [4.69, 9.17) is 33.0 Å². The molecule has 144 valence electrons. The molecule has 1 aromatic heterocycles. The molecule has 28 heavy (non-hydrogen) atoms. The average molecular weight is 441 g/mol. The summed E-state index contributed by atoms with van der Waals surface area (Å²) in [6.45, 7) is 0.0159. The van der Waals surface area contributed by atoms with E-state index in [1.807, 2.05) is 0 Å². The zero-order chi connectivity index (χ0) is 20.0. The second-order valence-corrected chi connectivity index (χ2v) is 7.93. The molecule has 1 unspecified atom stereocenters. The SMILES string of the molecule is O=C(O)CC1Oc2ccc(F)cc2N(Cc2nc3ccc(Cl)c(Cl)c3s2)C1=O. The number of hydrogen-bond donors (Lipinski definition) is 1. The highest BCUT2D eigenvalue weighted by Gasteiger charge is 2.36. The first-order valence-electron chi connectivity index (χ1n) is 8.06. The van der Waals surface area contributed by atoms with Crippen LogP contribution < -0.4 is 9.64 Å². The van der Waals surface area contributed by atoms with Crippen molar-refractivity contribution in [3.63, 3.8) is 0 Å². The third-order valence-corrected chi connectivity index (χ3v) is 6.16. The number of anilines is 1. The van der Waals surface area contributed by atoms with Gasteiger partial charge in [-0.2, -0.15) is 0 Å². The molecular formula is C18H11Cl2FN2O4S. The van der Waals surface area contributed by atoms with E-state index in [0.29, 0.717) is 25.3 Å². The minimum absolute atomic E-state index is 0.0159. The normalized spacial score (nSPS) is 16.2. The zero-order valence-corrected chi connectivity index (χ0v) is 16.3. The van der Waals surface area contributed by atoms with Crippen LogP contribution in [0.3, 0.4) is 0 Å². The van der Waals surface area contributed by atoms with Gasteiger partial charge < -0.3 is 9.84 Å². The standard InChI is InChI=1S/C18H11Cl2FN2O4S/c19-9-2-3-10-17(16(9)20)28-14(22-10)7-23-11-5-8(21)1-4-12(11)27-13(18(23)26)6-15(24)25/h1-5,13H,6-7H2,(H,24,25). The van der Waals surface area contributed by atoms with E-state index in [9.17, 15) is 14.0 Å². The molecule has 0 aliphatic carbocycles. The number of aromatic nitrogens is 1. The van der Waals surface area contributed by atoms with Crippen molar-refractivity contribution in [3.05, 3.63) is 51.2 Å². The molecule has 2 aromatic carbocycles. The molecule has 0 saturated carbocycles. The molecule has 6 nitrogen and oxygen atoms in total. The first-order chi connectivity index (χ1) is 13.3. The van der Waals surface area contributed by atoms with Crippen molar-refractivity contribution in [3.8, 4) is 5.75 Å². The van der Waals surface area contributed by atoms with Gasteiger partial charge in [0.05, 0.1) is 38.9 Å². The molecule has 3 aromatic rings. The molecular weight excluding hydrogens is 430 g/mol. The molecule has 1 amide bonds. The summed E-state index contributed by atoms with van der Waals surface area (Å²) in [6, 6.07) is 7.06. The Morgan fingerprint density at radius 1 is 1.32 bits per heavy atom. The highest BCUT2D eigenvalue weighted by Crippen LogP contribution is 2.39. The Bertz CT molecular complexity index is 1120. The molecule has 0 fully saturated rings. The van der Waals surface area contributed by atoms with Crippen LogP contribution >= 0.6 is 34.5 Å². The quantitative estimate of drug-likeness (QED) is 0.645. The molecule has 1 N–H and O–H groups in total. The topological polar surface area (TPSA) is 79.7 Å². The number of carbonyl (C=O) groups excluding carboxylic acids is 1. The number of thiazole rings is 1. The molecule has 0 saturated heterocycles. The number of ether oxygens (including phenoxy) is 1. The Labute approximate surface area is 172 Å². The summed E-state index contributed by atoms with van der Waals surface area (Å²) in [6.07, 6.45) is -1.71. The number of carbonyl (C=O) groups is 2. The van der Waals surface area contributed by atoms with Gasteiger partial charge in [-0.3, -0.25) is 14.5 Å². The fourth-order valence-electron chi connectivity index (χ4n) is 2.93. The number of amides is 1. The van der Waals surface area contributed by atoms with Crippen LogP contribution in [0.25, 0.3) is 10.2 Å². The van der Waals surface area contributed by atoms with Gasteiger partial charge in [-0.25, -0.2) is 9.37 Å². The van der Waals surface area contributed by atoms with E-state index < -0.39 is 30.2 Å². The second-order valence-electron chi connectivity index (χ2n) is 6.06. The van der Waals surface area contributed by atoms with Crippen molar-refractivity contribution in [2.45, 2.75) is 19.1 Å². The van der Waals surface area contributed by atoms with Gasteiger partial charge in [0.2, 0.25) is 0 Å². The Balaban J connectivity index is 1.74. The lowest BCUT2D eigenvalue weighted by molar-refractivity contribution is -0.142. The number of rotatable bonds is 4. The molecule has 0 bridgehead atoms. The lowest BCUT2D eigenvalue weighted by atomic mass is 10.1. The van der Waals surface area contributed by atoms with Gasteiger partial charge in [-0.05, 0) is 24.3 Å². The molecule has 1 aliphatic rings. The van der Waals surface area contributed by atoms with E-state index in [1.54, 1.807) is 12.1 Å². The van der Waals surface area contributed by atoms with Gasteiger partial charge in [-0.1, -0.05) is 23.2 Å². The molecule has 0 radical (unpaired) electrons. The van der Waals surface area contributed by atoms with Gasteiger partial charge in [-0.15, -0.1) is 11.3 Å². The fraction of sp³-hybridized carbons (Fsp3) is 0.167. The summed E-state index contributed by atoms with van der Waals surface area (Å²) in [7, 11) is 0. The predicted molar refractivity (Wildman–Crippen MR) is 104 cm³/mol. The van der Waals surface area contributed by atoms with E-state index >= 15 is 0 Å². The molecule has 4 rings (SSSR count). The summed E-state index contributed by atoms with van der Waals surface area (Å²) >= 11 is 13.5. The van der Waals surface area contributed by atoms with E-state index in [1.165, 1.54) is 34.4 Å². The number of nitrogens with zero attached hydrogens (tertiary/aromatic N) is 2. The van der Waals surface area contributed by atoms with Crippen LogP contribution in [-0.2, 0) is 16.1 Å².